The van der Waals surface area contributed by atoms with E-state index in [0.717, 1.165) is 0 Å². The monoisotopic (exact) mass is 335 g/mol. The largest absolute Gasteiger partial charge is 0.386 e. The van der Waals surface area contributed by atoms with Gasteiger partial charge in [0.1, 0.15) is 5.82 Å². The molecule has 0 radical (unpaired) electrons. The standard InChI is InChI=1S/C18H19ClFNO2/c1-12(18(23)14-6-9-15(19)10-7-14)21-17(22)11-8-13-4-2-3-5-16(13)20/h2-7,9-10,12,18,23H,8,11H2,1H3,(H,21,22). The highest BCUT2D eigenvalue weighted by Gasteiger charge is 2.18. The van der Waals surface area contributed by atoms with Crippen LogP contribution in [0, 0.1) is 5.82 Å². The van der Waals surface area contributed by atoms with Crippen LogP contribution in [-0.4, -0.2) is 17.1 Å². The molecule has 0 heterocycles. The highest BCUT2D eigenvalue weighted by atomic mass is 35.5. The van der Waals surface area contributed by atoms with Crippen LogP contribution < -0.4 is 5.32 Å². The van der Waals surface area contributed by atoms with E-state index in [4.69, 9.17) is 11.6 Å². The number of hydrogen-bond donors (Lipinski definition) is 2. The number of hydrogen-bond acceptors (Lipinski definition) is 2. The first-order valence-electron chi connectivity index (χ1n) is 7.43. The predicted molar refractivity (Wildman–Crippen MR) is 88.7 cm³/mol. The molecule has 23 heavy (non-hydrogen) atoms. The van der Waals surface area contributed by atoms with Crippen LogP contribution in [0.25, 0.3) is 0 Å². The summed E-state index contributed by atoms with van der Waals surface area (Å²) < 4.78 is 13.5. The molecule has 0 aromatic heterocycles. The van der Waals surface area contributed by atoms with Crippen molar-refractivity contribution >= 4 is 17.5 Å². The molecule has 0 saturated heterocycles. The Hall–Kier alpha value is -1.91. The van der Waals surface area contributed by atoms with E-state index in [1.54, 1.807) is 49.4 Å². The zero-order chi connectivity index (χ0) is 16.8. The quantitative estimate of drug-likeness (QED) is 0.846. The van der Waals surface area contributed by atoms with Crippen molar-refractivity contribution in [1.29, 1.82) is 0 Å². The van der Waals surface area contributed by atoms with Crippen molar-refractivity contribution in [2.24, 2.45) is 0 Å². The van der Waals surface area contributed by atoms with E-state index in [0.29, 0.717) is 22.6 Å². The Labute approximate surface area is 140 Å². The summed E-state index contributed by atoms with van der Waals surface area (Å²) in [5.41, 5.74) is 1.19. The number of halogens is 2. The van der Waals surface area contributed by atoms with Gasteiger partial charge >= 0.3 is 0 Å². The van der Waals surface area contributed by atoms with Crippen LogP contribution in [-0.2, 0) is 11.2 Å². The number of aliphatic hydroxyl groups excluding tert-OH is 1. The van der Waals surface area contributed by atoms with Gasteiger partial charge in [0.25, 0.3) is 0 Å². The Kier molecular flexibility index (Phi) is 6.13. The van der Waals surface area contributed by atoms with Crippen molar-refractivity contribution in [3.63, 3.8) is 0 Å². The first-order valence-corrected chi connectivity index (χ1v) is 7.81. The third-order valence-corrected chi connectivity index (χ3v) is 3.91. The van der Waals surface area contributed by atoms with Crippen molar-refractivity contribution < 1.29 is 14.3 Å². The van der Waals surface area contributed by atoms with Crippen molar-refractivity contribution in [2.75, 3.05) is 0 Å². The van der Waals surface area contributed by atoms with Crippen LogP contribution in [0.3, 0.4) is 0 Å². The van der Waals surface area contributed by atoms with E-state index in [2.05, 4.69) is 5.32 Å². The number of aliphatic hydroxyl groups is 1. The average molecular weight is 336 g/mol. The molecule has 2 N–H and O–H groups in total. The van der Waals surface area contributed by atoms with Crippen LogP contribution in [0.4, 0.5) is 4.39 Å². The fourth-order valence-electron chi connectivity index (χ4n) is 2.30. The minimum atomic E-state index is -0.829. The normalized spacial score (nSPS) is 13.4. The maximum Gasteiger partial charge on any atom is 0.220 e. The van der Waals surface area contributed by atoms with E-state index >= 15 is 0 Å². The van der Waals surface area contributed by atoms with Gasteiger partial charge in [-0.25, -0.2) is 4.39 Å². The zero-order valence-corrected chi connectivity index (χ0v) is 13.6. The van der Waals surface area contributed by atoms with Crippen LogP contribution in [0.15, 0.2) is 48.5 Å². The molecule has 1 amide bonds. The Morgan fingerprint density at radius 3 is 2.52 bits per heavy atom. The minimum Gasteiger partial charge on any atom is -0.386 e. The van der Waals surface area contributed by atoms with Gasteiger partial charge < -0.3 is 10.4 Å². The van der Waals surface area contributed by atoms with Gasteiger partial charge in [0.05, 0.1) is 12.1 Å². The molecule has 2 rings (SSSR count). The van der Waals surface area contributed by atoms with Gasteiger partial charge in [0.15, 0.2) is 0 Å². The van der Waals surface area contributed by atoms with Crippen LogP contribution in [0.5, 0.6) is 0 Å². The molecule has 5 heteroatoms. The smallest absolute Gasteiger partial charge is 0.220 e. The summed E-state index contributed by atoms with van der Waals surface area (Å²) >= 11 is 5.81. The van der Waals surface area contributed by atoms with Gasteiger partial charge in [-0.1, -0.05) is 41.9 Å². The molecule has 2 atom stereocenters. The fraction of sp³-hybridized carbons (Fsp3) is 0.278. The summed E-state index contributed by atoms with van der Waals surface area (Å²) in [6, 6.07) is 12.7. The summed E-state index contributed by atoms with van der Waals surface area (Å²) in [5, 5.41) is 13.6. The zero-order valence-electron chi connectivity index (χ0n) is 12.8. The second-order valence-corrected chi connectivity index (χ2v) is 5.88. The molecule has 2 aromatic carbocycles. The summed E-state index contributed by atoms with van der Waals surface area (Å²) in [4.78, 5) is 12.0. The molecule has 0 aliphatic rings. The first-order chi connectivity index (χ1) is 11.0. The highest BCUT2D eigenvalue weighted by molar-refractivity contribution is 6.30. The number of carbonyl (C=O) groups excluding carboxylic acids is 1. The van der Waals surface area contributed by atoms with Crippen molar-refractivity contribution in [3.05, 3.63) is 70.5 Å². The van der Waals surface area contributed by atoms with Gasteiger partial charge in [-0.15, -0.1) is 0 Å². The summed E-state index contributed by atoms with van der Waals surface area (Å²) in [5.74, 6) is -0.539. The topological polar surface area (TPSA) is 49.3 Å². The first kappa shape index (κ1) is 17.4. The molecule has 0 saturated carbocycles. The van der Waals surface area contributed by atoms with Gasteiger partial charge in [0, 0.05) is 11.4 Å². The second-order valence-electron chi connectivity index (χ2n) is 5.44. The van der Waals surface area contributed by atoms with Crippen molar-refractivity contribution in [3.8, 4) is 0 Å². The molecule has 0 bridgehead atoms. The van der Waals surface area contributed by atoms with E-state index in [1.165, 1.54) is 6.07 Å². The number of carbonyl (C=O) groups is 1. The van der Waals surface area contributed by atoms with Crippen LogP contribution >= 0.6 is 11.6 Å². The molecule has 0 spiro atoms. The van der Waals surface area contributed by atoms with Crippen LogP contribution in [0.2, 0.25) is 5.02 Å². The van der Waals surface area contributed by atoms with Gasteiger partial charge in [-0.2, -0.15) is 0 Å². The van der Waals surface area contributed by atoms with Gasteiger partial charge in [-0.3, -0.25) is 4.79 Å². The van der Waals surface area contributed by atoms with Crippen LogP contribution in [0.1, 0.15) is 30.6 Å². The maximum absolute atomic E-state index is 13.5. The number of aryl methyl sites for hydroxylation is 1. The molecule has 0 aliphatic heterocycles. The fourth-order valence-corrected chi connectivity index (χ4v) is 2.43. The molecule has 2 unspecified atom stereocenters. The lowest BCUT2D eigenvalue weighted by Gasteiger charge is -2.20. The summed E-state index contributed by atoms with van der Waals surface area (Å²) in [6.07, 6.45) is -0.342. The van der Waals surface area contributed by atoms with Gasteiger partial charge in [0.2, 0.25) is 5.91 Å². The summed E-state index contributed by atoms with van der Waals surface area (Å²) in [6.45, 7) is 1.72. The van der Waals surface area contributed by atoms with Crippen molar-refractivity contribution in [1.82, 2.24) is 5.32 Å². The number of rotatable bonds is 6. The predicted octanol–water partition coefficient (Wildman–Crippen LogP) is 3.65. The van der Waals surface area contributed by atoms with E-state index < -0.39 is 12.1 Å². The molecule has 3 nitrogen and oxygen atoms in total. The van der Waals surface area contributed by atoms with E-state index in [9.17, 15) is 14.3 Å². The maximum atomic E-state index is 13.5. The molecular formula is C18H19ClFNO2. The third-order valence-electron chi connectivity index (χ3n) is 3.65. The number of nitrogens with one attached hydrogen (secondary N) is 1. The van der Waals surface area contributed by atoms with Gasteiger partial charge in [-0.05, 0) is 42.7 Å². The minimum absolute atomic E-state index is 0.165. The SMILES string of the molecule is CC(NC(=O)CCc1ccccc1F)C(O)c1ccc(Cl)cc1. The average Bonchev–Trinajstić information content (AvgIpc) is 2.54. The van der Waals surface area contributed by atoms with E-state index in [1.807, 2.05) is 0 Å². The molecule has 0 aliphatic carbocycles. The third kappa shape index (κ3) is 5.05. The molecule has 122 valence electrons. The Balaban J connectivity index is 1.87. The number of amides is 1. The lowest BCUT2D eigenvalue weighted by Crippen LogP contribution is -2.37. The lowest BCUT2D eigenvalue weighted by atomic mass is 10.0. The lowest BCUT2D eigenvalue weighted by molar-refractivity contribution is -0.122. The Morgan fingerprint density at radius 1 is 1.22 bits per heavy atom. The van der Waals surface area contributed by atoms with Crippen molar-refractivity contribution in [2.45, 2.75) is 31.9 Å². The molecular weight excluding hydrogens is 317 g/mol. The summed E-state index contributed by atoms with van der Waals surface area (Å²) in [7, 11) is 0. The van der Waals surface area contributed by atoms with E-state index in [-0.39, 0.29) is 18.1 Å². The Morgan fingerprint density at radius 2 is 1.87 bits per heavy atom. The molecule has 0 fully saturated rings. The Bertz CT molecular complexity index is 660. The molecule has 2 aromatic rings. The number of benzene rings is 2. The second kappa shape index (κ2) is 8.09. The highest BCUT2D eigenvalue weighted by Crippen LogP contribution is 2.19.